The first-order valence-corrected chi connectivity index (χ1v) is 9.80. The predicted molar refractivity (Wildman–Crippen MR) is 96.9 cm³/mol. The van der Waals surface area contributed by atoms with Gasteiger partial charge in [0, 0.05) is 25.2 Å². The lowest BCUT2D eigenvalue weighted by atomic mass is 9.91. The number of hydrogen-bond acceptors (Lipinski definition) is 2. The first kappa shape index (κ1) is 16.1. The van der Waals surface area contributed by atoms with Gasteiger partial charge in [0.25, 0.3) is 0 Å². The van der Waals surface area contributed by atoms with Gasteiger partial charge in [-0.05, 0) is 50.6 Å². The molecule has 4 rings (SSSR count). The Hall–Kier alpha value is -1.35. The molecular weight excluding hydrogens is 296 g/mol. The second-order valence-electron chi connectivity index (χ2n) is 8.09. The normalized spacial score (nSPS) is 28.3. The Morgan fingerprint density at radius 1 is 1.12 bits per heavy atom. The van der Waals surface area contributed by atoms with Crippen LogP contribution in [0.25, 0.3) is 0 Å². The molecule has 0 aromatic heterocycles. The zero-order chi connectivity index (χ0) is 16.5. The molecule has 0 spiro atoms. The maximum absolute atomic E-state index is 12.9. The molecule has 2 heterocycles. The average molecular weight is 326 g/mol. The molecule has 1 aromatic carbocycles. The third-order valence-electron chi connectivity index (χ3n) is 6.49. The summed E-state index contributed by atoms with van der Waals surface area (Å²) in [6.07, 6.45) is 8.59. The van der Waals surface area contributed by atoms with E-state index in [1.54, 1.807) is 0 Å². The molecule has 0 radical (unpaired) electrons. The van der Waals surface area contributed by atoms with Crippen LogP contribution < -0.4 is 0 Å². The molecule has 2 unspecified atom stereocenters. The first-order valence-electron chi connectivity index (χ1n) is 9.80. The highest BCUT2D eigenvalue weighted by atomic mass is 16.2. The van der Waals surface area contributed by atoms with Crippen LogP contribution in [0.5, 0.6) is 0 Å². The number of nitrogens with zero attached hydrogens (tertiary/aromatic N) is 2. The summed E-state index contributed by atoms with van der Waals surface area (Å²) in [5.74, 6) is 1.07. The van der Waals surface area contributed by atoms with Gasteiger partial charge < -0.3 is 4.90 Å². The maximum Gasteiger partial charge on any atom is 0.227 e. The number of likely N-dealkylation sites (tertiary alicyclic amines) is 2. The van der Waals surface area contributed by atoms with Gasteiger partial charge in [-0.25, -0.2) is 0 Å². The van der Waals surface area contributed by atoms with E-state index in [0.717, 1.165) is 30.6 Å². The molecule has 3 fully saturated rings. The van der Waals surface area contributed by atoms with Crippen molar-refractivity contribution in [2.75, 3.05) is 19.6 Å². The second kappa shape index (κ2) is 6.87. The third-order valence-corrected chi connectivity index (χ3v) is 6.49. The summed E-state index contributed by atoms with van der Waals surface area (Å²) in [6.45, 7) is 5.44. The number of benzene rings is 1. The molecule has 0 N–H and O–H groups in total. The molecule has 2 saturated heterocycles. The molecule has 3 nitrogen and oxygen atoms in total. The zero-order valence-electron chi connectivity index (χ0n) is 14.9. The number of carbonyl (C=O) groups is 1. The zero-order valence-corrected chi connectivity index (χ0v) is 14.9. The van der Waals surface area contributed by atoms with Crippen molar-refractivity contribution in [3.05, 3.63) is 35.4 Å². The molecule has 2 aliphatic heterocycles. The Bertz CT molecular complexity index is 593. The topological polar surface area (TPSA) is 23.6 Å². The highest BCUT2D eigenvalue weighted by molar-refractivity contribution is 5.79. The van der Waals surface area contributed by atoms with E-state index in [0.29, 0.717) is 18.4 Å². The highest BCUT2D eigenvalue weighted by Gasteiger charge is 2.41. The Balaban J connectivity index is 1.42. The third kappa shape index (κ3) is 3.23. The SMILES string of the molecule is Cc1cccc(CC(=O)N2CCC3CCN(C4CCCC4)CC32)c1. The Labute approximate surface area is 146 Å². The minimum Gasteiger partial charge on any atom is -0.338 e. The van der Waals surface area contributed by atoms with Crippen LogP contribution in [0.4, 0.5) is 0 Å². The van der Waals surface area contributed by atoms with Gasteiger partial charge in [0.05, 0.1) is 6.42 Å². The number of rotatable bonds is 3. The van der Waals surface area contributed by atoms with E-state index >= 15 is 0 Å². The molecule has 1 aromatic rings. The summed E-state index contributed by atoms with van der Waals surface area (Å²) in [5.41, 5.74) is 2.40. The summed E-state index contributed by atoms with van der Waals surface area (Å²) in [4.78, 5) is 17.8. The fourth-order valence-electron chi connectivity index (χ4n) is 5.17. The Morgan fingerprint density at radius 3 is 2.71 bits per heavy atom. The largest absolute Gasteiger partial charge is 0.338 e. The Kier molecular flexibility index (Phi) is 4.62. The molecule has 130 valence electrons. The fourth-order valence-corrected chi connectivity index (χ4v) is 5.17. The Morgan fingerprint density at radius 2 is 1.92 bits per heavy atom. The first-order chi connectivity index (χ1) is 11.7. The van der Waals surface area contributed by atoms with E-state index in [4.69, 9.17) is 0 Å². The number of amides is 1. The summed E-state index contributed by atoms with van der Waals surface area (Å²) >= 11 is 0. The molecule has 1 saturated carbocycles. The van der Waals surface area contributed by atoms with Gasteiger partial charge in [0.1, 0.15) is 0 Å². The van der Waals surface area contributed by atoms with Crippen molar-refractivity contribution in [1.82, 2.24) is 9.80 Å². The molecule has 3 aliphatic rings. The van der Waals surface area contributed by atoms with Crippen LogP contribution in [0.1, 0.15) is 49.7 Å². The van der Waals surface area contributed by atoms with Crippen molar-refractivity contribution >= 4 is 5.91 Å². The molecule has 3 heteroatoms. The fraction of sp³-hybridized carbons (Fsp3) is 0.667. The van der Waals surface area contributed by atoms with E-state index < -0.39 is 0 Å². The average Bonchev–Trinajstić information content (AvgIpc) is 3.24. The maximum atomic E-state index is 12.9. The van der Waals surface area contributed by atoms with Crippen LogP contribution in [0.15, 0.2) is 24.3 Å². The standard InChI is InChI=1S/C21H30N2O/c1-16-5-4-6-17(13-16)14-21(24)23-12-10-18-9-11-22(15-20(18)23)19-7-2-3-8-19/h4-6,13,18-20H,2-3,7-12,14-15H2,1H3. The lowest BCUT2D eigenvalue weighted by molar-refractivity contribution is -0.132. The van der Waals surface area contributed by atoms with Gasteiger partial charge in [-0.3, -0.25) is 9.69 Å². The van der Waals surface area contributed by atoms with Crippen LogP contribution in [0.2, 0.25) is 0 Å². The van der Waals surface area contributed by atoms with Crippen molar-refractivity contribution in [3.8, 4) is 0 Å². The number of aryl methyl sites for hydroxylation is 1. The van der Waals surface area contributed by atoms with Gasteiger partial charge >= 0.3 is 0 Å². The molecular formula is C21H30N2O. The quantitative estimate of drug-likeness (QED) is 0.850. The number of hydrogen-bond donors (Lipinski definition) is 0. The minimum absolute atomic E-state index is 0.335. The number of fused-ring (bicyclic) bond motifs is 1. The monoisotopic (exact) mass is 326 g/mol. The number of piperidine rings is 1. The summed E-state index contributed by atoms with van der Waals surface area (Å²) in [5, 5.41) is 0. The second-order valence-corrected chi connectivity index (χ2v) is 8.09. The van der Waals surface area contributed by atoms with Crippen molar-refractivity contribution in [1.29, 1.82) is 0 Å². The van der Waals surface area contributed by atoms with E-state index in [2.05, 4.69) is 41.0 Å². The molecule has 0 bridgehead atoms. The lowest BCUT2D eigenvalue weighted by Gasteiger charge is -2.41. The van der Waals surface area contributed by atoms with E-state index in [9.17, 15) is 4.79 Å². The van der Waals surface area contributed by atoms with Crippen molar-refractivity contribution in [2.45, 2.75) is 64.0 Å². The van der Waals surface area contributed by atoms with Gasteiger partial charge in [0.15, 0.2) is 0 Å². The highest BCUT2D eigenvalue weighted by Crippen LogP contribution is 2.35. The van der Waals surface area contributed by atoms with Crippen molar-refractivity contribution in [3.63, 3.8) is 0 Å². The van der Waals surface area contributed by atoms with Crippen LogP contribution in [-0.2, 0) is 11.2 Å². The van der Waals surface area contributed by atoms with Gasteiger partial charge in [-0.15, -0.1) is 0 Å². The summed E-state index contributed by atoms with van der Waals surface area (Å²) in [6, 6.07) is 9.66. The van der Waals surface area contributed by atoms with Gasteiger partial charge in [0.2, 0.25) is 5.91 Å². The molecule has 1 aliphatic carbocycles. The van der Waals surface area contributed by atoms with Crippen LogP contribution >= 0.6 is 0 Å². The summed E-state index contributed by atoms with van der Waals surface area (Å²) < 4.78 is 0. The van der Waals surface area contributed by atoms with Crippen LogP contribution in [-0.4, -0.2) is 47.4 Å². The van der Waals surface area contributed by atoms with Crippen LogP contribution in [0, 0.1) is 12.8 Å². The van der Waals surface area contributed by atoms with E-state index in [-0.39, 0.29) is 0 Å². The number of carbonyl (C=O) groups excluding carboxylic acids is 1. The molecule has 1 amide bonds. The molecule has 2 atom stereocenters. The predicted octanol–water partition coefficient (Wildman–Crippen LogP) is 3.40. The van der Waals surface area contributed by atoms with Crippen molar-refractivity contribution in [2.24, 2.45) is 5.92 Å². The molecule has 24 heavy (non-hydrogen) atoms. The van der Waals surface area contributed by atoms with Gasteiger partial charge in [-0.2, -0.15) is 0 Å². The van der Waals surface area contributed by atoms with Gasteiger partial charge in [-0.1, -0.05) is 42.7 Å². The summed E-state index contributed by atoms with van der Waals surface area (Å²) in [7, 11) is 0. The smallest absolute Gasteiger partial charge is 0.227 e. The lowest BCUT2D eigenvalue weighted by Crippen LogP contribution is -2.52. The van der Waals surface area contributed by atoms with Crippen molar-refractivity contribution < 1.29 is 4.79 Å². The van der Waals surface area contributed by atoms with Crippen LogP contribution in [0.3, 0.4) is 0 Å². The minimum atomic E-state index is 0.335. The van der Waals surface area contributed by atoms with E-state index in [1.165, 1.54) is 50.6 Å². The van der Waals surface area contributed by atoms with E-state index in [1.807, 2.05) is 0 Å².